The average Bonchev–Trinajstić information content (AvgIpc) is 3.37. The highest BCUT2D eigenvalue weighted by molar-refractivity contribution is 6.44. The summed E-state index contributed by atoms with van der Waals surface area (Å²) in [6.45, 7) is 0.308. The maximum Gasteiger partial charge on any atom is 0.291 e. The monoisotopic (exact) mass is 424 g/mol. The van der Waals surface area contributed by atoms with Gasteiger partial charge in [0.15, 0.2) is 5.78 Å². The number of H-pyrrole nitrogens is 1. The van der Waals surface area contributed by atoms with Crippen LogP contribution in [-0.2, 0) is 16.0 Å². The summed E-state index contributed by atoms with van der Waals surface area (Å²) in [7, 11) is 0. The third-order valence-corrected chi connectivity index (χ3v) is 5.96. The van der Waals surface area contributed by atoms with Crippen LogP contribution in [0.1, 0.15) is 27.5 Å². The Labute approximate surface area is 184 Å². The van der Waals surface area contributed by atoms with Crippen molar-refractivity contribution in [3.8, 4) is 0 Å². The van der Waals surface area contributed by atoms with Crippen LogP contribution in [0.15, 0.2) is 79.5 Å². The van der Waals surface area contributed by atoms with Gasteiger partial charge in [0.25, 0.3) is 5.91 Å². The van der Waals surface area contributed by atoms with E-state index >= 15 is 0 Å². The predicted octanol–water partition coefficient (Wildman–Crippen LogP) is 3.15. The molecule has 2 atom stereocenters. The topological polar surface area (TPSA) is 96.0 Å². The summed E-state index contributed by atoms with van der Waals surface area (Å²) in [5.74, 6) is -2.86. The van der Waals surface area contributed by atoms with E-state index in [1.165, 1.54) is 11.1 Å². The van der Waals surface area contributed by atoms with Crippen molar-refractivity contribution in [2.75, 3.05) is 6.54 Å². The molecule has 1 aliphatic rings. The van der Waals surface area contributed by atoms with Gasteiger partial charge >= 0.3 is 0 Å². The minimum absolute atomic E-state index is 0.308. The van der Waals surface area contributed by atoms with Crippen molar-refractivity contribution in [2.45, 2.75) is 12.5 Å². The number of rotatable bonds is 6. The number of hydrogen-bond donors (Lipinski definition) is 1. The zero-order chi connectivity index (χ0) is 22.1. The van der Waals surface area contributed by atoms with Crippen molar-refractivity contribution < 1.29 is 14.4 Å². The number of amides is 1. The molecule has 1 amide bonds. The van der Waals surface area contributed by atoms with Crippen LogP contribution < -0.4 is 0 Å². The number of aromatic nitrogens is 3. The zero-order valence-electron chi connectivity index (χ0n) is 17.1. The largest absolute Gasteiger partial charge is 0.361 e. The van der Waals surface area contributed by atoms with Crippen LogP contribution in [0.3, 0.4) is 0 Å². The summed E-state index contributed by atoms with van der Waals surface area (Å²) in [5.41, 5.74) is 3.03. The molecule has 0 saturated carbocycles. The van der Waals surface area contributed by atoms with Crippen LogP contribution in [0.2, 0.25) is 0 Å². The molecule has 3 aromatic heterocycles. The number of likely N-dealkylation sites (tertiary alicyclic amines) is 1. The van der Waals surface area contributed by atoms with Crippen LogP contribution in [0.4, 0.5) is 0 Å². The van der Waals surface area contributed by atoms with Gasteiger partial charge in [0.05, 0.1) is 6.04 Å². The van der Waals surface area contributed by atoms with Gasteiger partial charge < -0.3 is 9.88 Å². The van der Waals surface area contributed by atoms with Crippen molar-refractivity contribution >= 4 is 28.4 Å². The number of nitrogens with zero attached hydrogens (tertiary/aromatic N) is 3. The fourth-order valence-electron chi connectivity index (χ4n) is 4.42. The van der Waals surface area contributed by atoms with E-state index in [4.69, 9.17) is 0 Å². The molecule has 1 aromatic carbocycles. The number of hydrogen-bond acceptors (Lipinski definition) is 5. The van der Waals surface area contributed by atoms with Crippen molar-refractivity contribution in [3.05, 3.63) is 96.2 Å². The van der Waals surface area contributed by atoms with E-state index in [1.54, 1.807) is 42.9 Å². The summed E-state index contributed by atoms with van der Waals surface area (Å²) in [5, 5.41) is 1.08. The highest BCUT2D eigenvalue weighted by Gasteiger charge is 2.51. The molecular weight excluding hydrogens is 404 g/mol. The Morgan fingerprint density at radius 2 is 1.75 bits per heavy atom. The lowest BCUT2D eigenvalue weighted by Gasteiger charge is -2.27. The van der Waals surface area contributed by atoms with Gasteiger partial charge in [-0.05, 0) is 41.8 Å². The first-order valence-electron chi connectivity index (χ1n) is 10.4. The summed E-state index contributed by atoms with van der Waals surface area (Å²) < 4.78 is 0. The number of fused-ring (bicyclic) bond motifs is 1. The number of carbonyl (C=O) groups excluding carboxylic acids is 3. The summed E-state index contributed by atoms with van der Waals surface area (Å²) in [6.07, 6.45) is 8.69. The number of para-hydroxylation sites is 1. The first-order chi connectivity index (χ1) is 15.6. The number of aromatic amines is 1. The predicted molar refractivity (Wildman–Crippen MR) is 118 cm³/mol. The van der Waals surface area contributed by atoms with E-state index in [0.29, 0.717) is 24.1 Å². The minimum atomic E-state index is -1.13. The number of Topliss-reactive ketones (excluding diaryl/α,β-unsaturated/α-hetero) is 2. The molecule has 4 heterocycles. The van der Waals surface area contributed by atoms with Crippen LogP contribution in [0.5, 0.6) is 0 Å². The Bertz CT molecular complexity index is 1300. The van der Waals surface area contributed by atoms with Gasteiger partial charge in [-0.15, -0.1) is 0 Å². The van der Waals surface area contributed by atoms with Crippen molar-refractivity contribution in [1.29, 1.82) is 0 Å². The fourth-order valence-corrected chi connectivity index (χ4v) is 4.42. The minimum Gasteiger partial charge on any atom is -0.361 e. The second-order valence-electron chi connectivity index (χ2n) is 7.79. The van der Waals surface area contributed by atoms with Gasteiger partial charge in [-0.2, -0.15) is 0 Å². The Balaban J connectivity index is 1.50. The Morgan fingerprint density at radius 1 is 0.969 bits per heavy atom. The second kappa shape index (κ2) is 8.19. The highest BCUT2D eigenvalue weighted by atomic mass is 16.2. The molecule has 0 bridgehead atoms. The van der Waals surface area contributed by atoms with Crippen LogP contribution in [0, 0.1) is 5.92 Å². The molecule has 0 radical (unpaired) electrons. The molecule has 7 nitrogen and oxygen atoms in total. The maximum absolute atomic E-state index is 13.3. The summed E-state index contributed by atoms with van der Waals surface area (Å²) in [4.78, 5) is 52.2. The Hall–Kier alpha value is -4.13. The van der Waals surface area contributed by atoms with E-state index in [9.17, 15) is 14.4 Å². The maximum atomic E-state index is 13.3. The zero-order valence-corrected chi connectivity index (χ0v) is 17.1. The third kappa shape index (κ3) is 3.37. The molecule has 0 aliphatic carbocycles. The van der Waals surface area contributed by atoms with Gasteiger partial charge in [0.2, 0.25) is 5.78 Å². The van der Waals surface area contributed by atoms with Crippen molar-refractivity contribution in [1.82, 2.24) is 19.9 Å². The highest BCUT2D eigenvalue weighted by Crippen LogP contribution is 2.38. The first-order valence-corrected chi connectivity index (χ1v) is 10.4. The third-order valence-electron chi connectivity index (χ3n) is 5.96. The molecular formula is C25H20N4O3. The lowest BCUT2D eigenvalue weighted by atomic mass is 9.87. The molecule has 1 saturated heterocycles. The second-order valence-corrected chi connectivity index (χ2v) is 7.79. The van der Waals surface area contributed by atoms with Gasteiger partial charge in [0.1, 0.15) is 5.92 Å². The molecule has 1 fully saturated rings. The fraction of sp³-hybridized carbons (Fsp3) is 0.160. The smallest absolute Gasteiger partial charge is 0.291 e. The lowest BCUT2D eigenvalue weighted by molar-refractivity contribution is -0.140. The van der Waals surface area contributed by atoms with Gasteiger partial charge in [-0.1, -0.05) is 24.3 Å². The van der Waals surface area contributed by atoms with Gasteiger partial charge in [-0.25, -0.2) is 0 Å². The number of pyridine rings is 2. The van der Waals surface area contributed by atoms with E-state index in [2.05, 4.69) is 15.0 Å². The van der Waals surface area contributed by atoms with Crippen LogP contribution in [0.25, 0.3) is 10.9 Å². The molecule has 2 unspecified atom stereocenters. The Morgan fingerprint density at radius 3 is 2.50 bits per heavy atom. The standard InChI is InChI=1S/C25H20N4O3/c30-23(18-6-4-11-27-14-18)21-22(17-5-3-10-26-13-17)29(25(32)24(21)31)12-9-16-15-28-20-8-2-1-7-19(16)20/h1-8,10-11,13-15,21-22,28H,9,12H2. The molecule has 1 aliphatic heterocycles. The number of benzene rings is 1. The normalized spacial score (nSPS) is 18.4. The number of nitrogens with one attached hydrogen (secondary N) is 1. The SMILES string of the molecule is O=C1C(=O)N(CCc2c[nH]c3ccccc23)C(c2cccnc2)C1C(=O)c1cccnc1. The van der Waals surface area contributed by atoms with E-state index < -0.39 is 29.4 Å². The number of carbonyl (C=O) groups is 3. The van der Waals surface area contributed by atoms with Crippen LogP contribution >= 0.6 is 0 Å². The van der Waals surface area contributed by atoms with Crippen molar-refractivity contribution in [3.63, 3.8) is 0 Å². The molecule has 5 rings (SSSR count). The van der Waals surface area contributed by atoms with Gasteiger partial charge in [0, 0.05) is 54.0 Å². The van der Waals surface area contributed by atoms with Gasteiger partial charge in [-0.3, -0.25) is 24.4 Å². The molecule has 158 valence electrons. The lowest BCUT2D eigenvalue weighted by Crippen LogP contribution is -2.32. The molecule has 4 aromatic rings. The van der Waals surface area contributed by atoms with E-state index in [-0.39, 0.29) is 0 Å². The molecule has 0 spiro atoms. The summed E-state index contributed by atoms with van der Waals surface area (Å²) in [6, 6.07) is 14.0. The quantitative estimate of drug-likeness (QED) is 0.291. The van der Waals surface area contributed by atoms with Crippen molar-refractivity contribution in [2.24, 2.45) is 5.92 Å². The summed E-state index contributed by atoms with van der Waals surface area (Å²) >= 11 is 0. The Kier molecular flexibility index (Phi) is 5.07. The number of ketones is 2. The average molecular weight is 424 g/mol. The molecule has 32 heavy (non-hydrogen) atoms. The molecule has 7 heteroatoms. The first kappa shape index (κ1) is 19.8. The van der Waals surface area contributed by atoms with Crippen LogP contribution in [-0.4, -0.2) is 43.9 Å². The van der Waals surface area contributed by atoms with E-state index in [0.717, 1.165) is 16.5 Å². The van der Waals surface area contributed by atoms with E-state index in [1.807, 2.05) is 30.5 Å². The molecule has 1 N–H and O–H groups in total.